The van der Waals surface area contributed by atoms with E-state index in [1.807, 2.05) is 11.8 Å². The van der Waals surface area contributed by atoms with Crippen molar-refractivity contribution in [3.63, 3.8) is 0 Å². The SMILES string of the molecule is CC(=O)N1CCc2c(sc(CCN3CCC(c4noc5cc(F)ccc45)CC3)c2C(C)O)C1.O.O=C(O)C(=O)O. The Labute approximate surface area is 234 Å². The highest BCUT2D eigenvalue weighted by molar-refractivity contribution is 7.12. The van der Waals surface area contributed by atoms with Crippen LogP contribution in [0.3, 0.4) is 0 Å². The zero-order valence-corrected chi connectivity index (χ0v) is 23.2. The van der Waals surface area contributed by atoms with Crippen LogP contribution in [0.4, 0.5) is 4.39 Å². The van der Waals surface area contributed by atoms with E-state index in [1.54, 1.807) is 24.3 Å². The van der Waals surface area contributed by atoms with Crippen molar-refractivity contribution >= 4 is 40.2 Å². The number of rotatable bonds is 5. The summed E-state index contributed by atoms with van der Waals surface area (Å²) in [6.45, 7) is 7.78. The fourth-order valence-corrected chi connectivity index (χ4v) is 6.79. The Morgan fingerprint density at radius 3 is 2.45 bits per heavy atom. The van der Waals surface area contributed by atoms with Crippen LogP contribution in [0.2, 0.25) is 0 Å². The smallest absolute Gasteiger partial charge is 0.414 e. The van der Waals surface area contributed by atoms with Gasteiger partial charge in [-0.25, -0.2) is 14.0 Å². The Morgan fingerprint density at radius 1 is 1.18 bits per heavy atom. The number of likely N-dealkylation sites (tertiary alicyclic amines) is 1. The quantitative estimate of drug-likeness (QED) is 0.384. The average Bonchev–Trinajstić information content (AvgIpc) is 3.48. The van der Waals surface area contributed by atoms with Crippen molar-refractivity contribution < 1.29 is 44.1 Å². The molecule has 40 heavy (non-hydrogen) atoms. The van der Waals surface area contributed by atoms with Gasteiger partial charge in [0.1, 0.15) is 5.82 Å². The summed E-state index contributed by atoms with van der Waals surface area (Å²) in [5, 5.41) is 30.4. The number of aromatic nitrogens is 1. The highest BCUT2D eigenvalue weighted by atomic mass is 32.1. The zero-order chi connectivity index (χ0) is 28.3. The summed E-state index contributed by atoms with van der Waals surface area (Å²) in [6.07, 6.45) is 3.24. The van der Waals surface area contributed by atoms with Gasteiger partial charge in [-0.1, -0.05) is 5.16 Å². The van der Waals surface area contributed by atoms with Crippen molar-refractivity contribution in [2.24, 2.45) is 0 Å². The molecule has 1 aromatic carbocycles. The van der Waals surface area contributed by atoms with Crippen molar-refractivity contribution in [3.05, 3.63) is 50.6 Å². The summed E-state index contributed by atoms with van der Waals surface area (Å²) in [7, 11) is 0. The maximum absolute atomic E-state index is 13.4. The van der Waals surface area contributed by atoms with Gasteiger partial charge in [-0.05, 0) is 69.0 Å². The number of aliphatic hydroxyl groups excluding tert-OH is 1. The molecule has 218 valence electrons. The molecule has 2 aliphatic rings. The van der Waals surface area contributed by atoms with Crippen LogP contribution in [0.5, 0.6) is 0 Å². The molecule has 1 fully saturated rings. The monoisotopic (exact) mass is 579 g/mol. The molecule has 13 heteroatoms. The highest BCUT2D eigenvalue weighted by Crippen LogP contribution is 2.38. The molecule has 4 heterocycles. The molecule has 2 aliphatic heterocycles. The molecule has 5 rings (SSSR count). The minimum Gasteiger partial charge on any atom is -0.473 e. The van der Waals surface area contributed by atoms with E-state index in [4.69, 9.17) is 24.3 Å². The van der Waals surface area contributed by atoms with Gasteiger partial charge in [-0.3, -0.25) is 4.79 Å². The third kappa shape index (κ3) is 7.02. The summed E-state index contributed by atoms with van der Waals surface area (Å²) in [5.41, 5.74) is 3.81. The van der Waals surface area contributed by atoms with Gasteiger partial charge in [0, 0.05) is 47.1 Å². The number of carbonyl (C=O) groups excluding carboxylic acids is 1. The third-order valence-corrected chi connectivity index (χ3v) is 8.60. The van der Waals surface area contributed by atoms with E-state index in [2.05, 4.69) is 10.1 Å². The van der Waals surface area contributed by atoms with Crippen LogP contribution in [0.1, 0.15) is 65.3 Å². The first-order valence-electron chi connectivity index (χ1n) is 12.8. The van der Waals surface area contributed by atoms with Crippen LogP contribution in [0.15, 0.2) is 22.7 Å². The number of carboxylic acids is 2. The molecule has 1 unspecified atom stereocenters. The number of thiophene rings is 1. The standard InChI is InChI=1S/C25H30FN3O3S.C2H2O4.H2O/c1-15(30)24-20-7-12-29(16(2)31)14-23(20)33-22(24)8-11-28-9-5-17(6-10-28)25-19-4-3-18(26)13-21(19)32-27-25;3-1(4)2(5)6;/h3-4,13,15,17,30H,5-12,14H2,1-2H3;(H,3,4)(H,5,6);1H2. The number of fused-ring (bicyclic) bond motifs is 2. The molecule has 0 radical (unpaired) electrons. The number of aliphatic hydroxyl groups is 1. The van der Waals surface area contributed by atoms with Crippen LogP contribution in [0, 0.1) is 5.82 Å². The number of nitrogens with zero attached hydrogens (tertiary/aromatic N) is 3. The maximum Gasteiger partial charge on any atom is 0.414 e. The lowest BCUT2D eigenvalue weighted by Crippen LogP contribution is -2.34. The minimum absolute atomic E-state index is 0. The summed E-state index contributed by atoms with van der Waals surface area (Å²) in [5.74, 6) is -3.51. The molecule has 0 aliphatic carbocycles. The lowest BCUT2D eigenvalue weighted by Gasteiger charge is -2.31. The van der Waals surface area contributed by atoms with E-state index in [0.29, 0.717) is 18.0 Å². The molecule has 1 amide bonds. The fourth-order valence-electron chi connectivity index (χ4n) is 5.34. The zero-order valence-electron chi connectivity index (χ0n) is 22.4. The van der Waals surface area contributed by atoms with Crippen molar-refractivity contribution in [3.8, 4) is 0 Å². The first-order valence-corrected chi connectivity index (χ1v) is 13.7. The van der Waals surface area contributed by atoms with Gasteiger partial charge in [0.25, 0.3) is 0 Å². The topological polar surface area (TPSA) is 176 Å². The molecule has 11 nitrogen and oxygen atoms in total. The number of amides is 1. The van der Waals surface area contributed by atoms with Gasteiger partial charge in [-0.2, -0.15) is 0 Å². The van der Waals surface area contributed by atoms with Crippen molar-refractivity contribution in [1.29, 1.82) is 0 Å². The predicted molar refractivity (Wildman–Crippen MR) is 145 cm³/mol. The van der Waals surface area contributed by atoms with Crippen molar-refractivity contribution in [2.45, 2.75) is 58.1 Å². The summed E-state index contributed by atoms with van der Waals surface area (Å²) in [6, 6.07) is 4.64. The van der Waals surface area contributed by atoms with E-state index in [9.17, 15) is 14.3 Å². The molecule has 0 spiro atoms. The number of hydrogen-bond acceptors (Lipinski definition) is 8. The van der Waals surface area contributed by atoms with Crippen LogP contribution in [-0.2, 0) is 33.8 Å². The summed E-state index contributed by atoms with van der Waals surface area (Å²) < 4.78 is 18.8. The van der Waals surface area contributed by atoms with E-state index in [-0.39, 0.29) is 17.2 Å². The van der Waals surface area contributed by atoms with Gasteiger partial charge in [0.2, 0.25) is 5.91 Å². The third-order valence-electron chi connectivity index (χ3n) is 7.31. The van der Waals surface area contributed by atoms with Crippen LogP contribution < -0.4 is 0 Å². The number of carbonyl (C=O) groups is 3. The van der Waals surface area contributed by atoms with Gasteiger partial charge >= 0.3 is 11.9 Å². The summed E-state index contributed by atoms with van der Waals surface area (Å²) >= 11 is 1.77. The Balaban J connectivity index is 0.000000570. The van der Waals surface area contributed by atoms with Gasteiger partial charge in [0.15, 0.2) is 5.58 Å². The number of carboxylic acid groups (broad SMARTS) is 2. The molecule has 1 saturated heterocycles. The van der Waals surface area contributed by atoms with E-state index in [1.165, 1.54) is 27.5 Å². The number of halogens is 1. The fraction of sp³-hybridized carbons (Fsp3) is 0.481. The maximum atomic E-state index is 13.4. The second-order valence-electron chi connectivity index (χ2n) is 9.89. The minimum atomic E-state index is -1.82. The molecular formula is C27H34FN3O8S. The van der Waals surface area contributed by atoms with Crippen molar-refractivity contribution in [2.75, 3.05) is 26.2 Å². The molecule has 0 saturated carbocycles. The Morgan fingerprint density at radius 2 is 1.85 bits per heavy atom. The molecule has 3 aromatic rings. The largest absolute Gasteiger partial charge is 0.473 e. The van der Waals surface area contributed by atoms with Crippen LogP contribution in [0.25, 0.3) is 11.0 Å². The van der Waals surface area contributed by atoms with E-state index in [0.717, 1.165) is 68.5 Å². The van der Waals surface area contributed by atoms with Crippen LogP contribution >= 0.6 is 11.3 Å². The number of piperidine rings is 1. The number of hydrogen-bond donors (Lipinski definition) is 3. The molecular weight excluding hydrogens is 545 g/mol. The lowest BCUT2D eigenvalue weighted by molar-refractivity contribution is -0.159. The Kier molecular flexibility index (Phi) is 10.4. The van der Waals surface area contributed by atoms with Crippen molar-refractivity contribution in [1.82, 2.24) is 15.0 Å². The highest BCUT2D eigenvalue weighted by Gasteiger charge is 2.29. The molecule has 5 N–H and O–H groups in total. The van der Waals surface area contributed by atoms with Gasteiger partial charge < -0.3 is 35.1 Å². The summed E-state index contributed by atoms with van der Waals surface area (Å²) in [4.78, 5) is 36.9. The normalized spacial score (nSPS) is 16.4. The predicted octanol–water partition coefficient (Wildman–Crippen LogP) is 2.74. The Hall–Kier alpha value is -3.39. The van der Waals surface area contributed by atoms with Gasteiger partial charge in [-0.15, -0.1) is 11.3 Å². The molecule has 0 bridgehead atoms. The average molecular weight is 580 g/mol. The van der Waals surface area contributed by atoms with E-state index < -0.39 is 18.0 Å². The first kappa shape index (κ1) is 31.1. The van der Waals surface area contributed by atoms with E-state index >= 15 is 0 Å². The number of benzene rings is 1. The van der Waals surface area contributed by atoms with Gasteiger partial charge in [0.05, 0.1) is 18.3 Å². The molecule has 1 atom stereocenters. The Bertz CT molecular complexity index is 1350. The molecule has 2 aromatic heterocycles. The van der Waals surface area contributed by atoms with Crippen LogP contribution in [-0.4, -0.2) is 79.8 Å². The second-order valence-corrected chi connectivity index (χ2v) is 11.1. The second kappa shape index (κ2) is 13.3. The number of aliphatic carboxylic acids is 2. The first-order chi connectivity index (χ1) is 18.5. The lowest BCUT2D eigenvalue weighted by atomic mass is 9.91.